The third-order valence-electron chi connectivity index (χ3n) is 6.65. The van der Waals surface area contributed by atoms with E-state index in [0.717, 1.165) is 42.4 Å². The molecule has 0 aliphatic heterocycles. The van der Waals surface area contributed by atoms with Crippen molar-refractivity contribution >= 4 is 23.4 Å². The SMILES string of the molecule is Cc1ccc(OCC(=O)N(Cc2ccccc2Cl)[C@H](Cc2ccccc2)C(=O)NC2CCCC2)cc1. The second-order valence-electron chi connectivity index (χ2n) is 9.41. The fourth-order valence-corrected chi connectivity index (χ4v) is 4.79. The molecule has 3 aromatic rings. The Morgan fingerprint density at radius 1 is 0.972 bits per heavy atom. The third-order valence-corrected chi connectivity index (χ3v) is 7.02. The summed E-state index contributed by atoms with van der Waals surface area (Å²) in [5.74, 6) is 0.209. The normalized spacial score (nSPS) is 14.3. The van der Waals surface area contributed by atoms with Crippen LogP contribution in [0.2, 0.25) is 5.02 Å². The predicted octanol–water partition coefficient (Wildman–Crippen LogP) is 5.73. The smallest absolute Gasteiger partial charge is 0.261 e. The first-order valence-corrected chi connectivity index (χ1v) is 12.9. The minimum absolute atomic E-state index is 0.138. The number of ether oxygens (including phenoxy) is 1. The van der Waals surface area contributed by atoms with Crippen LogP contribution in [0.3, 0.4) is 0 Å². The van der Waals surface area contributed by atoms with E-state index in [1.807, 2.05) is 79.7 Å². The van der Waals surface area contributed by atoms with Gasteiger partial charge in [-0.2, -0.15) is 0 Å². The molecule has 4 rings (SSSR count). The molecule has 36 heavy (non-hydrogen) atoms. The number of halogens is 1. The molecule has 0 spiro atoms. The van der Waals surface area contributed by atoms with Crippen LogP contribution in [-0.4, -0.2) is 35.4 Å². The molecule has 0 heterocycles. The summed E-state index contributed by atoms with van der Waals surface area (Å²) in [6.07, 6.45) is 4.57. The Kier molecular flexibility index (Phi) is 9.01. The van der Waals surface area contributed by atoms with E-state index < -0.39 is 6.04 Å². The van der Waals surface area contributed by atoms with Crippen LogP contribution in [-0.2, 0) is 22.6 Å². The third kappa shape index (κ3) is 7.11. The van der Waals surface area contributed by atoms with Crippen molar-refractivity contribution < 1.29 is 14.3 Å². The molecule has 2 amide bonds. The van der Waals surface area contributed by atoms with Gasteiger partial charge in [0.15, 0.2) is 6.61 Å². The first-order valence-electron chi connectivity index (χ1n) is 12.6. The van der Waals surface area contributed by atoms with E-state index in [2.05, 4.69) is 5.32 Å². The van der Waals surface area contributed by atoms with Gasteiger partial charge in [-0.25, -0.2) is 0 Å². The molecule has 0 radical (unpaired) electrons. The lowest BCUT2D eigenvalue weighted by Gasteiger charge is -2.32. The van der Waals surface area contributed by atoms with E-state index in [4.69, 9.17) is 16.3 Å². The number of hydrogen-bond donors (Lipinski definition) is 1. The van der Waals surface area contributed by atoms with Crippen LogP contribution in [0.5, 0.6) is 5.75 Å². The number of rotatable bonds is 10. The van der Waals surface area contributed by atoms with Gasteiger partial charge in [0.25, 0.3) is 5.91 Å². The Labute approximate surface area is 218 Å². The number of carbonyl (C=O) groups excluding carboxylic acids is 2. The van der Waals surface area contributed by atoms with Gasteiger partial charge in [-0.3, -0.25) is 9.59 Å². The summed E-state index contributed by atoms with van der Waals surface area (Å²) >= 11 is 6.47. The Hall–Kier alpha value is -3.31. The number of nitrogens with zero attached hydrogens (tertiary/aromatic N) is 1. The highest BCUT2D eigenvalue weighted by Crippen LogP contribution is 2.23. The second kappa shape index (κ2) is 12.6. The highest BCUT2D eigenvalue weighted by atomic mass is 35.5. The molecule has 0 saturated heterocycles. The predicted molar refractivity (Wildman–Crippen MR) is 143 cm³/mol. The molecule has 188 valence electrons. The van der Waals surface area contributed by atoms with E-state index in [9.17, 15) is 9.59 Å². The topological polar surface area (TPSA) is 58.6 Å². The van der Waals surface area contributed by atoms with Crippen molar-refractivity contribution in [3.8, 4) is 5.75 Å². The van der Waals surface area contributed by atoms with Crippen molar-refractivity contribution in [1.29, 1.82) is 0 Å². The zero-order valence-corrected chi connectivity index (χ0v) is 21.4. The number of amides is 2. The number of benzene rings is 3. The van der Waals surface area contributed by atoms with Crippen molar-refractivity contribution in [2.75, 3.05) is 6.61 Å². The number of aryl methyl sites for hydroxylation is 1. The molecule has 1 saturated carbocycles. The molecule has 1 atom stereocenters. The van der Waals surface area contributed by atoms with E-state index in [0.29, 0.717) is 17.2 Å². The van der Waals surface area contributed by atoms with Crippen LogP contribution in [0, 0.1) is 6.92 Å². The van der Waals surface area contributed by atoms with E-state index in [1.54, 1.807) is 11.0 Å². The molecule has 6 heteroatoms. The first-order chi connectivity index (χ1) is 17.5. The standard InChI is InChI=1S/C30H33ClN2O3/c1-22-15-17-26(18-16-22)36-21-29(34)33(20-24-11-5-8-14-27(24)31)28(19-23-9-3-2-4-10-23)30(35)32-25-12-6-7-13-25/h2-5,8-11,14-18,25,28H,6-7,12-13,19-21H2,1H3,(H,32,35)/t28-/m1/s1. The van der Waals surface area contributed by atoms with Crippen molar-refractivity contribution in [3.63, 3.8) is 0 Å². The van der Waals surface area contributed by atoms with Gasteiger partial charge in [0, 0.05) is 24.0 Å². The van der Waals surface area contributed by atoms with Crippen molar-refractivity contribution in [2.24, 2.45) is 0 Å². The van der Waals surface area contributed by atoms with E-state index in [1.165, 1.54) is 0 Å². The van der Waals surface area contributed by atoms with Crippen LogP contribution in [0.25, 0.3) is 0 Å². The van der Waals surface area contributed by atoms with Gasteiger partial charge in [0.1, 0.15) is 11.8 Å². The lowest BCUT2D eigenvalue weighted by molar-refractivity contribution is -0.143. The number of nitrogens with one attached hydrogen (secondary N) is 1. The first kappa shape index (κ1) is 25.8. The fourth-order valence-electron chi connectivity index (χ4n) is 4.59. The number of carbonyl (C=O) groups is 2. The maximum absolute atomic E-state index is 13.7. The largest absolute Gasteiger partial charge is 0.484 e. The molecule has 5 nitrogen and oxygen atoms in total. The van der Waals surface area contributed by atoms with Crippen molar-refractivity contribution in [1.82, 2.24) is 10.2 Å². The molecule has 1 aliphatic carbocycles. The summed E-state index contributed by atoms with van der Waals surface area (Å²) in [5, 5.41) is 3.77. The van der Waals surface area contributed by atoms with E-state index in [-0.39, 0.29) is 31.0 Å². The van der Waals surface area contributed by atoms with Crippen LogP contribution in [0.4, 0.5) is 0 Å². The number of hydrogen-bond acceptors (Lipinski definition) is 3. The maximum atomic E-state index is 13.7. The maximum Gasteiger partial charge on any atom is 0.261 e. The molecular weight excluding hydrogens is 472 g/mol. The molecule has 1 N–H and O–H groups in total. The van der Waals surface area contributed by atoms with Gasteiger partial charge < -0.3 is 15.0 Å². The second-order valence-corrected chi connectivity index (χ2v) is 9.82. The lowest BCUT2D eigenvalue weighted by Crippen LogP contribution is -2.53. The summed E-state index contributed by atoms with van der Waals surface area (Å²) in [6.45, 7) is 2.04. The Morgan fingerprint density at radius 2 is 1.64 bits per heavy atom. The summed E-state index contributed by atoms with van der Waals surface area (Å²) in [7, 11) is 0. The quantitative estimate of drug-likeness (QED) is 0.384. The van der Waals surface area contributed by atoms with Gasteiger partial charge in [-0.05, 0) is 49.1 Å². The van der Waals surface area contributed by atoms with Crippen LogP contribution < -0.4 is 10.1 Å². The zero-order valence-electron chi connectivity index (χ0n) is 20.7. The van der Waals surface area contributed by atoms with Crippen molar-refractivity contribution in [2.45, 2.75) is 57.7 Å². The summed E-state index contributed by atoms with van der Waals surface area (Å²) < 4.78 is 5.83. The van der Waals surface area contributed by atoms with Gasteiger partial charge >= 0.3 is 0 Å². The zero-order chi connectivity index (χ0) is 25.3. The molecule has 1 fully saturated rings. The van der Waals surface area contributed by atoms with Crippen LogP contribution >= 0.6 is 11.6 Å². The van der Waals surface area contributed by atoms with Crippen molar-refractivity contribution in [3.05, 3.63) is 101 Å². The highest BCUT2D eigenvalue weighted by Gasteiger charge is 2.32. The molecule has 3 aromatic carbocycles. The minimum Gasteiger partial charge on any atom is -0.484 e. The minimum atomic E-state index is -0.696. The summed E-state index contributed by atoms with van der Waals surface area (Å²) in [6, 6.07) is 24.2. The van der Waals surface area contributed by atoms with Crippen LogP contribution in [0.1, 0.15) is 42.4 Å². The van der Waals surface area contributed by atoms with Gasteiger partial charge in [-0.1, -0.05) is 90.7 Å². The Morgan fingerprint density at radius 3 is 2.33 bits per heavy atom. The monoisotopic (exact) mass is 504 g/mol. The van der Waals surface area contributed by atoms with Gasteiger partial charge in [0.2, 0.25) is 5.91 Å². The van der Waals surface area contributed by atoms with Crippen LogP contribution in [0.15, 0.2) is 78.9 Å². The average molecular weight is 505 g/mol. The van der Waals surface area contributed by atoms with Gasteiger partial charge in [-0.15, -0.1) is 0 Å². The molecule has 1 aliphatic rings. The molecule has 0 unspecified atom stereocenters. The lowest BCUT2D eigenvalue weighted by atomic mass is 10.0. The van der Waals surface area contributed by atoms with Gasteiger partial charge in [0.05, 0.1) is 0 Å². The van der Waals surface area contributed by atoms with E-state index >= 15 is 0 Å². The molecular formula is C30H33ClN2O3. The summed E-state index contributed by atoms with van der Waals surface area (Å²) in [4.78, 5) is 28.9. The Bertz CT molecular complexity index is 1140. The summed E-state index contributed by atoms with van der Waals surface area (Å²) in [5.41, 5.74) is 2.88. The fraction of sp³-hybridized carbons (Fsp3) is 0.333. The average Bonchev–Trinajstić information content (AvgIpc) is 3.40. The molecule has 0 bridgehead atoms. The highest BCUT2D eigenvalue weighted by molar-refractivity contribution is 6.31. The Balaban J connectivity index is 1.61. The molecule has 0 aromatic heterocycles.